The van der Waals surface area contributed by atoms with Gasteiger partial charge in [0.1, 0.15) is 5.75 Å². The summed E-state index contributed by atoms with van der Waals surface area (Å²) in [5, 5.41) is 0. The van der Waals surface area contributed by atoms with E-state index in [1.165, 1.54) is 11.1 Å². The van der Waals surface area contributed by atoms with Gasteiger partial charge in [-0.15, -0.1) is 0 Å². The normalized spacial score (nSPS) is 13.7. The number of hydrogen-bond acceptors (Lipinski definition) is 5. The number of fused-ring (bicyclic) bond motifs is 1. The molecule has 0 amide bonds. The Balaban J connectivity index is 1.70. The second kappa shape index (κ2) is 9.26. The Hall–Kier alpha value is -2.92. The molecule has 2 heterocycles. The summed E-state index contributed by atoms with van der Waals surface area (Å²) < 4.78 is 5.34. The fraction of sp³-hybridized carbons (Fsp3) is 0.360. The summed E-state index contributed by atoms with van der Waals surface area (Å²) >= 11 is 0. The van der Waals surface area contributed by atoms with Gasteiger partial charge in [-0.05, 0) is 50.1 Å². The predicted molar refractivity (Wildman–Crippen MR) is 122 cm³/mol. The van der Waals surface area contributed by atoms with Gasteiger partial charge in [0, 0.05) is 43.9 Å². The van der Waals surface area contributed by atoms with Gasteiger partial charge >= 0.3 is 0 Å². The molecular formula is C25H30N4O. The molecule has 5 nitrogen and oxygen atoms in total. The van der Waals surface area contributed by atoms with Crippen LogP contribution >= 0.6 is 0 Å². The molecule has 0 saturated carbocycles. The molecule has 1 aliphatic heterocycles. The molecule has 4 rings (SSSR count). The number of aromatic nitrogens is 2. The van der Waals surface area contributed by atoms with Crippen LogP contribution in [0.25, 0.3) is 11.3 Å². The van der Waals surface area contributed by atoms with E-state index in [4.69, 9.17) is 14.7 Å². The molecule has 1 aromatic heterocycles. The van der Waals surface area contributed by atoms with E-state index in [2.05, 4.69) is 66.1 Å². The zero-order valence-corrected chi connectivity index (χ0v) is 18.1. The van der Waals surface area contributed by atoms with Gasteiger partial charge < -0.3 is 9.64 Å². The summed E-state index contributed by atoms with van der Waals surface area (Å²) in [6, 6.07) is 18.9. The molecule has 0 unspecified atom stereocenters. The number of benzene rings is 2. The minimum atomic E-state index is 0.825. The van der Waals surface area contributed by atoms with Crippen LogP contribution in [0.5, 0.6) is 5.75 Å². The summed E-state index contributed by atoms with van der Waals surface area (Å²) in [5.41, 5.74) is 5.96. The third-order valence-electron chi connectivity index (χ3n) is 5.79. The maximum atomic E-state index is 5.34. The van der Waals surface area contributed by atoms with Crippen molar-refractivity contribution in [2.45, 2.75) is 33.4 Å². The van der Waals surface area contributed by atoms with Crippen molar-refractivity contribution in [1.82, 2.24) is 14.9 Å². The molecule has 0 spiro atoms. The van der Waals surface area contributed by atoms with E-state index in [1.54, 1.807) is 7.11 Å². The minimum absolute atomic E-state index is 0.825. The first kappa shape index (κ1) is 20.4. The summed E-state index contributed by atoms with van der Waals surface area (Å²) in [4.78, 5) is 14.7. The maximum Gasteiger partial charge on any atom is 0.226 e. The standard InChI is InChI=1S/C25H30N4O/c1-4-29(5-2)25-26-23-18-28(17-19-9-7-6-8-10-19)16-15-22(23)24(27-25)20-11-13-21(30-3)14-12-20/h6-14H,4-5,15-18H2,1-3H3. The Labute approximate surface area is 179 Å². The second-order valence-electron chi connectivity index (χ2n) is 7.64. The van der Waals surface area contributed by atoms with Gasteiger partial charge in [0.25, 0.3) is 0 Å². The number of hydrogen-bond donors (Lipinski definition) is 0. The van der Waals surface area contributed by atoms with Crippen LogP contribution in [-0.2, 0) is 19.5 Å². The first-order chi connectivity index (χ1) is 14.7. The molecule has 0 bridgehead atoms. The second-order valence-corrected chi connectivity index (χ2v) is 7.64. The molecule has 0 radical (unpaired) electrons. The first-order valence-corrected chi connectivity index (χ1v) is 10.8. The third-order valence-corrected chi connectivity index (χ3v) is 5.79. The van der Waals surface area contributed by atoms with Crippen LogP contribution in [0.1, 0.15) is 30.7 Å². The van der Waals surface area contributed by atoms with Gasteiger partial charge in [0.05, 0.1) is 18.5 Å². The van der Waals surface area contributed by atoms with Crippen LogP contribution < -0.4 is 9.64 Å². The molecule has 3 aromatic rings. The molecule has 5 heteroatoms. The number of anilines is 1. The highest BCUT2D eigenvalue weighted by Crippen LogP contribution is 2.31. The molecule has 0 aliphatic carbocycles. The quantitative estimate of drug-likeness (QED) is 0.580. The van der Waals surface area contributed by atoms with E-state index in [9.17, 15) is 0 Å². The fourth-order valence-electron chi connectivity index (χ4n) is 4.08. The van der Waals surface area contributed by atoms with E-state index in [1.807, 2.05) is 12.1 Å². The van der Waals surface area contributed by atoms with E-state index in [0.717, 1.165) is 67.8 Å². The van der Waals surface area contributed by atoms with Crippen molar-refractivity contribution in [2.75, 3.05) is 31.6 Å². The van der Waals surface area contributed by atoms with Gasteiger partial charge in [-0.25, -0.2) is 9.97 Å². The number of methoxy groups -OCH3 is 1. The zero-order valence-electron chi connectivity index (χ0n) is 18.1. The van der Waals surface area contributed by atoms with E-state index in [0.29, 0.717) is 0 Å². The Morgan fingerprint density at radius 3 is 2.37 bits per heavy atom. The van der Waals surface area contributed by atoms with Crippen LogP contribution in [0.3, 0.4) is 0 Å². The zero-order chi connectivity index (χ0) is 20.9. The topological polar surface area (TPSA) is 41.5 Å². The van der Waals surface area contributed by atoms with Gasteiger partial charge in [0.2, 0.25) is 5.95 Å². The average Bonchev–Trinajstić information content (AvgIpc) is 2.80. The van der Waals surface area contributed by atoms with Crippen molar-refractivity contribution >= 4 is 5.95 Å². The molecule has 0 N–H and O–H groups in total. The molecule has 156 valence electrons. The Morgan fingerprint density at radius 2 is 1.70 bits per heavy atom. The number of rotatable bonds is 7. The van der Waals surface area contributed by atoms with Crippen molar-refractivity contribution in [3.63, 3.8) is 0 Å². The van der Waals surface area contributed by atoms with E-state index < -0.39 is 0 Å². The van der Waals surface area contributed by atoms with E-state index >= 15 is 0 Å². The molecule has 1 aliphatic rings. The lowest BCUT2D eigenvalue weighted by molar-refractivity contribution is 0.241. The molecule has 0 atom stereocenters. The smallest absolute Gasteiger partial charge is 0.226 e. The van der Waals surface area contributed by atoms with Crippen molar-refractivity contribution in [1.29, 1.82) is 0 Å². The average molecular weight is 403 g/mol. The number of nitrogens with zero attached hydrogens (tertiary/aromatic N) is 4. The van der Waals surface area contributed by atoms with Crippen LogP contribution in [0.2, 0.25) is 0 Å². The SMILES string of the molecule is CCN(CC)c1nc2c(c(-c3ccc(OC)cc3)n1)CCN(Cc1ccccc1)C2. The molecule has 0 fully saturated rings. The summed E-state index contributed by atoms with van der Waals surface area (Å²) in [6.07, 6.45) is 0.960. The molecular weight excluding hydrogens is 372 g/mol. The van der Waals surface area contributed by atoms with E-state index in [-0.39, 0.29) is 0 Å². The number of ether oxygens (including phenoxy) is 1. The van der Waals surface area contributed by atoms with Gasteiger partial charge in [-0.2, -0.15) is 0 Å². The summed E-state index contributed by atoms with van der Waals surface area (Å²) in [5.74, 6) is 1.69. The summed E-state index contributed by atoms with van der Waals surface area (Å²) in [7, 11) is 1.70. The Bertz CT molecular complexity index is 968. The van der Waals surface area contributed by atoms with Crippen molar-refractivity contribution in [3.05, 3.63) is 71.4 Å². The van der Waals surface area contributed by atoms with Crippen LogP contribution in [0.15, 0.2) is 54.6 Å². The van der Waals surface area contributed by atoms with Crippen LogP contribution in [-0.4, -0.2) is 41.6 Å². The van der Waals surface area contributed by atoms with Crippen molar-refractivity contribution in [2.24, 2.45) is 0 Å². The van der Waals surface area contributed by atoms with Crippen LogP contribution in [0.4, 0.5) is 5.95 Å². The van der Waals surface area contributed by atoms with Gasteiger partial charge in [-0.3, -0.25) is 4.90 Å². The largest absolute Gasteiger partial charge is 0.497 e. The lowest BCUT2D eigenvalue weighted by Crippen LogP contribution is -2.33. The van der Waals surface area contributed by atoms with Crippen molar-refractivity contribution in [3.8, 4) is 17.0 Å². The highest BCUT2D eigenvalue weighted by Gasteiger charge is 2.24. The Kier molecular flexibility index (Phi) is 6.29. The highest BCUT2D eigenvalue weighted by molar-refractivity contribution is 5.66. The third kappa shape index (κ3) is 4.31. The minimum Gasteiger partial charge on any atom is -0.497 e. The lowest BCUT2D eigenvalue weighted by atomic mass is 9.98. The predicted octanol–water partition coefficient (Wildman–Crippen LogP) is 4.56. The monoisotopic (exact) mass is 402 g/mol. The molecule has 2 aromatic carbocycles. The van der Waals surface area contributed by atoms with Gasteiger partial charge in [-0.1, -0.05) is 30.3 Å². The first-order valence-electron chi connectivity index (χ1n) is 10.8. The molecule has 30 heavy (non-hydrogen) atoms. The van der Waals surface area contributed by atoms with Crippen LogP contribution in [0, 0.1) is 0 Å². The van der Waals surface area contributed by atoms with Crippen molar-refractivity contribution < 1.29 is 4.74 Å². The van der Waals surface area contributed by atoms with Gasteiger partial charge in [0.15, 0.2) is 0 Å². The lowest BCUT2D eigenvalue weighted by Gasteiger charge is -2.30. The maximum absolute atomic E-state index is 5.34. The summed E-state index contributed by atoms with van der Waals surface area (Å²) in [6.45, 7) is 8.91. The Morgan fingerprint density at radius 1 is 0.967 bits per heavy atom. The highest BCUT2D eigenvalue weighted by atomic mass is 16.5. The molecule has 0 saturated heterocycles. The fourth-order valence-corrected chi connectivity index (χ4v) is 4.08.